The van der Waals surface area contributed by atoms with Crippen molar-refractivity contribution in [1.82, 2.24) is 14.5 Å². The van der Waals surface area contributed by atoms with Crippen molar-refractivity contribution >= 4 is 36.5 Å². The molecule has 5 rings (SSSR count). The summed E-state index contributed by atoms with van der Waals surface area (Å²) in [5.74, 6) is 1.31. The first-order valence-corrected chi connectivity index (χ1v) is 16.0. The van der Waals surface area contributed by atoms with Crippen LogP contribution in [-0.4, -0.2) is 35.1 Å². The van der Waals surface area contributed by atoms with Crippen LogP contribution in [0.4, 0.5) is 11.5 Å². The summed E-state index contributed by atoms with van der Waals surface area (Å²) in [6.07, 6.45) is 1.72. The number of benzene rings is 2. The molecule has 36 heavy (non-hydrogen) atoms. The molecule has 186 valence electrons. The minimum atomic E-state index is -1.17. The van der Waals surface area contributed by atoms with Gasteiger partial charge in [0.15, 0.2) is 0 Å². The molecule has 0 saturated carbocycles. The number of rotatable bonds is 8. The summed E-state index contributed by atoms with van der Waals surface area (Å²) >= 11 is 0. The standard InChI is InChI=1S/C28H32N4O3Si/c1-28(2)22-9-8-16-29-25(22)32(26(28)33)20-12-14-21(15-13-20)35-27-30-23-10-6-7-11-24(23)31(27)19-34-17-18-36(3,4)5/h6-16H,17-19H2,1-5H3. The van der Waals surface area contributed by atoms with Crippen molar-refractivity contribution in [2.75, 3.05) is 11.5 Å². The number of pyridine rings is 1. The molecule has 0 atom stereocenters. The number of hydrogen-bond donors (Lipinski definition) is 0. The van der Waals surface area contributed by atoms with Crippen LogP contribution < -0.4 is 9.64 Å². The lowest BCUT2D eigenvalue weighted by Gasteiger charge is -2.20. The van der Waals surface area contributed by atoms with Crippen molar-refractivity contribution in [2.45, 2.75) is 51.7 Å². The van der Waals surface area contributed by atoms with Crippen LogP contribution in [0.5, 0.6) is 11.8 Å². The van der Waals surface area contributed by atoms with Gasteiger partial charge in [0.25, 0.3) is 0 Å². The molecule has 0 spiro atoms. The molecule has 0 radical (unpaired) electrons. The fourth-order valence-electron chi connectivity index (χ4n) is 4.35. The van der Waals surface area contributed by atoms with Crippen LogP contribution in [0.1, 0.15) is 19.4 Å². The first kappa shape index (κ1) is 24.2. The van der Waals surface area contributed by atoms with Crippen LogP contribution >= 0.6 is 0 Å². The lowest BCUT2D eigenvalue weighted by atomic mass is 9.87. The van der Waals surface area contributed by atoms with Crippen LogP contribution in [0, 0.1) is 0 Å². The van der Waals surface area contributed by atoms with Crippen molar-refractivity contribution in [3.05, 3.63) is 72.4 Å². The molecule has 0 saturated heterocycles. The maximum Gasteiger partial charge on any atom is 0.304 e. The number of carbonyl (C=O) groups is 1. The van der Waals surface area contributed by atoms with Gasteiger partial charge in [-0.05, 0) is 62.4 Å². The van der Waals surface area contributed by atoms with E-state index >= 15 is 0 Å². The molecule has 0 bridgehead atoms. The Hall–Kier alpha value is -3.49. The van der Waals surface area contributed by atoms with Crippen LogP contribution in [0.25, 0.3) is 11.0 Å². The fourth-order valence-corrected chi connectivity index (χ4v) is 5.11. The molecule has 2 aromatic carbocycles. The van der Waals surface area contributed by atoms with E-state index in [1.165, 1.54) is 0 Å². The van der Waals surface area contributed by atoms with Crippen LogP contribution in [0.3, 0.4) is 0 Å². The molecule has 1 amide bonds. The van der Waals surface area contributed by atoms with Gasteiger partial charge in [0.1, 0.15) is 18.3 Å². The molecule has 2 aromatic heterocycles. The van der Waals surface area contributed by atoms with Gasteiger partial charge in [-0.25, -0.2) is 4.98 Å². The largest absolute Gasteiger partial charge is 0.425 e. The number of fused-ring (bicyclic) bond motifs is 2. The molecular weight excluding hydrogens is 468 g/mol. The third kappa shape index (κ3) is 4.54. The zero-order valence-electron chi connectivity index (χ0n) is 21.5. The van der Waals surface area contributed by atoms with E-state index in [2.05, 4.69) is 24.6 Å². The Morgan fingerprint density at radius 3 is 2.47 bits per heavy atom. The lowest BCUT2D eigenvalue weighted by molar-refractivity contribution is -0.121. The molecule has 0 N–H and O–H groups in total. The Morgan fingerprint density at radius 1 is 0.972 bits per heavy atom. The number of para-hydroxylation sites is 2. The van der Waals surface area contributed by atoms with Gasteiger partial charge in [-0.3, -0.25) is 14.3 Å². The first-order valence-electron chi connectivity index (χ1n) is 12.3. The highest BCUT2D eigenvalue weighted by Crippen LogP contribution is 2.44. The lowest BCUT2D eigenvalue weighted by Crippen LogP contribution is -2.33. The van der Waals surface area contributed by atoms with E-state index in [4.69, 9.17) is 14.5 Å². The van der Waals surface area contributed by atoms with Crippen molar-refractivity contribution in [2.24, 2.45) is 0 Å². The van der Waals surface area contributed by atoms with E-state index in [-0.39, 0.29) is 5.91 Å². The number of hydrogen-bond acceptors (Lipinski definition) is 5. The maximum atomic E-state index is 13.2. The molecular formula is C28H32N4O3Si. The van der Waals surface area contributed by atoms with Crippen molar-refractivity contribution < 1.29 is 14.3 Å². The van der Waals surface area contributed by atoms with Gasteiger partial charge in [-0.2, -0.15) is 4.98 Å². The quantitative estimate of drug-likeness (QED) is 0.204. The normalized spacial score (nSPS) is 14.9. The average Bonchev–Trinajstić information content (AvgIpc) is 3.28. The molecule has 0 fully saturated rings. The van der Waals surface area contributed by atoms with E-state index < -0.39 is 13.5 Å². The molecule has 4 aromatic rings. The number of ether oxygens (including phenoxy) is 2. The molecule has 8 heteroatoms. The van der Waals surface area contributed by atoms with Crippen molar-refractivity contribution in [3.63, 3.8) is 0 Å². The minimum absolute atomic E-state index is 0.00197. The smallest absolute Gasteiger partial charge is 0.304 e. The van der Waals surface area contributed by atoms with Gasteiger partial charge < -0.3 is 9.47 Å². The Bertz CT molecular complexity index is 1410. The predicted molar refractivity (Wildman–Crippen MR) is 145 cm³/mol. The number of nitrogens with zero attached hydrogens (tertiary/aromatic N) is 4. The third-order valence-corrected chi connectivity index (χ3v) is 8.25. The molecule has 1 aliphatic heterocycles. The van der Waals surface area contributed by atoms with E-state index in [0.29, 0.717) is 30.9 Å². The van der Waals surface area contributed by atoms with Crippen LogP contribution in [-0.2, 0) is 21.7 Å². The summed E-state index contributed by atoms with van der Waals surface area (Å²) in [5.41, 5.74) is 2.87. The van der Waals surface area contributed by atoms with E-state index in [1.54, 1.807) is 11.1 Å². The second-order valence-corrected chi connectivity index (χ2v) is 16.5. The van der Waals surface area contributed by atoms with Crippen molar-refractivity contribution in [3.8, 4) is 11.8 Å². The molecule has 7 nitrogen and oxygen atoms in total. The number of anilines is 2. The van der Waals surface area contributed by atoms with E-state index in [1.807, 2.05) is 79.1 Å². The second-order valence-electron chi connectivity index (χ2n) is 10.9. The zero-order valence-corrected chi connectivity index (χ0v) is 22.5. The van der Waals surface area contributed by atoms with Gasteiger partial charge in [0.2, 0.25) is 5.91 Å². The number of carbonyl (C=O) groups excluding carboxylic acids is 1. The molecule has 0 unspecified atom stereocenters. The van der Waals surface area contributed by atoms with E-state index in [9.17, 15) is 4.79 Å². The van der Waals surface area contributed by atoms with Gasteiger partial charge in [-0.1, -0.05) is 37.8 Å². The van der Waals surface area contributed by atoms with Crippen LogP contribution in [0.15, 0.2) is 66.9 Å². The van der Waals surface area contributed by atoms with Crippen molar-refractivity contribution in [1.29, 1.82) is 0 Å². The molecule has 0 aliphatic carbocycles. The SMILES string of the molecule is CC1(C)C(=O)N(c2ccc(Oc3nc4ccccc4n3COCC[Si](C)(C)C)cc2)c2ncccc21. The predicted octanol–water partition coefficient (Wildman–Crippen LogP) is 6.49. The van der Waals surface area contributed by atoms with Gasteiger partial charge in [0, 0.05) is 26.4 Å². The van der Waals surface area contributed by atoms with Gasteiger partial charge >= 0.3 is 6.01 Å². The fraction of sp³-hybridized carbons (Fsp3) is 0.321. The Kier molecular flexibility index (Phi) is 6.18. The second kappa shape index (κ2) is 9.18. The van der Waals surface area contributed by atoms with Gasteiger partial charge in [-0.15, -0.1) is 0 Å². The Labute approximate surface area is 212 Å². The molecule has 3 heterocycles. The maximum absolute atomic E-state index is 13.2. The summed E-state index contributed by atoms with van der Waals surface area (Å²) in [7, 11) is -1.17. The van der Waals surface area contributed by atoms with Crippen LogP contribution in [0.2, 0.25) is 25.7 Å². The number of aromatic nitrogens is 3. The Balaban J connectivity index is 1.38. The summed E-state index contributed by atoms with van der Waals surface area (Å²) in [6, 6.07) is 20.8. The number of imidazole rings is 1. The number of amides is 1. The minimum Gasteiger partial charge on any atom is -0.425 e. The third-order valence-electron chi connectivity index (χ3n) is 6.55. The monoisotopic (exact) mass is 500 g/mol. The Morgan fingerprint density at radius 2 is 1.72 bits per heavy atom. The first-order chi connectivity index (χ1) is 17.1. The summed E-state index contributed by atoms with van der Waals surface area (Å²) in [4.78, 5) is 24.1. The highest BCUT2D eigenvalue weighted by atomic mass is 28.3. The highest BCUT2D eigenvalue weighted by Gasteiger charge is 2.45. The summed E-state index contributed by atoms with van der Waals surface area (Å²) < 4.78 is 14.2. The average molecular weight is 501 g/mol. The van der Waals surface area contributed by atoms with Gasteiger partial charge in [0.05, 0.1) is 22.1 Å². The summed E-state index contributed by atoms with van der Waals surface area (Å²) in [5, 5.41) is 0. The summed E-state index contributed by atoms with van der Waals surface area (Å²) in [6.45, 7) is 12.0. The molecule has 1 aliphatic rings. The van der Waals surface area contributed by atoms with E-state index in [0.717, 1.165) is 28.3 Å². The highest BCUT2D eigenvalue weighted by molar-refractivity contribution is 6.76. The topological polar surface area (TPSA) is 69.5 Å². The zero-order chi connectivity index (χ0) is 25.5.